The van der Waals surface area contributed by atoms with Crippen LogP contribution in [0.3, 0.4) is 0 Å². The number of benzene rings is 1. The minimum Gasteiger partial charge on any atom is -0.476 e. The number of amides is 2. The molecule has 34 heavy (non-hydrogen) atoms. The van der Waals surface area contributed by atoms with Crippen molar-refractivity contribution in [2.45, 2.75) is 32.3 Å². The third kappa shape index (κ3) is 4.28. The maximum Gasteiger partial charge on any atom is 0.404 e. The molecule has 0 spiro atoms. The molecule has 1 aromatic carbocycles. The fourth-order valence-electron chi connectivity index (χ4n) is 4.22. The first kappa shape index (κ1) is 21.8. The maximum absolute atomic E-state index is 12.3. The van der Waals surface area contributed by atoms with Gasteiger partial charge in [0.05, 0.1) is 12.0 Å². The van der Waals surface area contributed by atoms with Crippen molar-refractivity contribution in [3.05, 3.63) is 30.5 Å². The summed E-state index contributed by atoms with van der Waals surface area (Å²) in [5.41, 5.74) is 1.65. The standard InChI is InChI=1S/C23H26N6O5/c1-23(2)20(30)26-16-11-14(3-4-17(16)34-23)25-21-27-15-7-10-33-18(15)19(28-21)29-8-5-13(6-9-29)12-24-22(31)32/h3-4,7,10-11,13,24H,5-6,8-9,12H2,1-2H3,(H,26,30)(H,31,32)(H,25,27,28). The monoisotopic (exact) mass is 466 g/mol. The van der Waals surface area contributed by atoms with Gasteiger partial charge in [0.15, 0.2) is 17.0 Å². The first-order valence-electron chi connectivity index (χ1n) is 11.2. The molecule has 2 aromatic heterocycles. The molecule has 0 radical (unpaired) electrons. The number of carboxylic acid groups (broad SMARTS) is 1. The average molecular weight is 466 g/mol. The summed E-state index contributed by atoms with van der Waals surface area (Å²) in [6.45, 7) is 5.36. The van der Waals surface area contributed by atoms with Crippen LogP contribution in [0.5, 0.6) is 5.75 Å². The topological polar surface area (TPSA) is 142 Å². The van der Waals surface area contributed by atoms with E-state index in [4.69, 9.17) is 19.2 Å². The van der Waals surface area contributed by atoms with Gasteiger partial charge in [-0.25, -0.2) is 9.78 Å². The van der Waals surface area contributed by atoms with E-state index in [1.54, 1.807) is 38.3 Å². The Bertz CT molecular complexity index is 1250. The molecule has 2 amide bonds. The largest absolute Gasteiger partial charge is 0.476 e. The number of rotatable bonds is 5. The van der Waals surface area contributed by atoms with Crippen LogP contribution in [0, 0.1) is 5.92 Å². The molecule has 178 valence electrons. The van der Waals surface area contributed by atoms with Crippen molar-refractivity contribution in [2.24, 2.45) is 5.92 Å². The molecule has 11 nitrogen and oxygen atoms in total. The molecule has 0 atom stereocenters. The third-order valence-electron chi connectivity index (χ3n) is 6.14. The molecule has 2 aliphatic heterocycles. The summed E-state index contributed by atoms with van der Waals surface area (Å²) in [5, 5.41) is 17.4. The summed E-state index contributed by atoms with van der Waals surface area (Å²) in [7, 11) is 0. The van der Waals surface area contributed by atoms with Gasteiger partial charge < -0.3 is 35.1 Å². The molecule has 11 heteroatoms. The van der Waals surface area contributed by atoms with Gasteiger partial charge in [0.25, 0.3) is 5.91 Å². The van der Waals surface area contributed by atoms with Crippen LogP contribution in [-0.2, 0) is 4.79 Å². The highest BCUT2D eigenvalue weighted by atomic mass is 16.5. The lowest BCUT2D eigenvalue weighted by molar-refractivity contribution is -0.129. The maximum atomic E-state index is 12.3. The Morgan fingerprint density at radius 2 is 2.06 bits per heavy atom. The molecule has 2 aliphatic rings. The van der Waals surface area contributed by atoms with Gasteiger partial charge in [-0.05, 0) is 50.8 Å². The molecular formula is C23H26N6O5. The van der Waals surface area contributed by atoms with Crippen LogP contribution >= 0.6 is 0 Å². The number of ether oxygens (including phenoxy) is 1. The lowest BCUT2D eigenvalue weighted by Gasteiger charge is -2.32. The molecule has 0 aliphatic carbocycles. The second-order valence-electron chi connectivity index (χ2n) is 9.02. The van der Waals surface area contributed by atoms with Gasteiger partial charge in [0, 0.05) is 31.4 Å². The fraction of sp³-hybridized carbons (Fsp3) is 0.391. The van der Waals surface area contributed by atoms with Crippen molar-refractivity contribution in [3.63, 3.8) is 0 Å². The van der Waals surface area contributed by atoms with Gasteiger partial charge in [-0.1, -0.05) is 0 Å². The molecular weight excluding hydrogens is 440 g/mol. The van der Waals surface area contributed by atoms with Gasteiger partial charge >= 0.3 is 6.09 Å². The number of carbonyl (C=O) groups is 2. The van der Waals surface area contributed by atoms with Gasteiger partial charge in [-0.3, -0.25) is 4.79 Å². The van der Waals surface area contributed by atoms with Gasteiger partial charge in [0.2, 0.25) is 5.95 Å². The number of piperidine rings is 1. The highest BCUT2D eigenvalue weighted by molar-refractivity contribution is 6.00. The Kier molecular flexibility index (Phi) is 5.39. The van der Waals surface area contributed by atoms with Crippen molar-refractivity contribution >= 4 is 46.2 Å². The summed E-state index contributed by atoms with van der Waals surface area (Å²) in [6, 6.07) is 7.21. The van der Waals surface area contributed by atoms with Crippen molar-refractivity contribution < 1.29 is 23.8 Å². The number of hydrogen-bond donors (Lipinski definition) is 4. The normalized spacial score (nSPS) is 17.6. The molecule has 0 bridgehead atoms. The van der Waals surface area contributed by atoms with E-state index in [2.05, 4.69) is 25.8 Å². The first-order valence-corrected chi connectivity index (χ1v) is 11.2. The zero-order valence-electron chi connectivity index (χ0n) is 18.9. The van der Waals surface area contributed by atoms with Crippen LogP contribution in [0.4, 0.5) is 27.9 Å². The smallest absolute Gasteiger partial charge is 0.404 e. The van der Waals surface area contributed by atoms with E-state index >= 15 is 0 Å². The highest BCUT2D eigenvalue weighted by Crippen LogP contribution is 2.36. The van der Waals surface area contributed by atoms with Crippen LogP contribution in [0.2, 0.25) is 0 Å². The quantitative estimate of drug-likeness (QED) is 0.444. The number of nitrogens with zero attached hydrogens (tertiary/aromatic N) is 3. The highest BCUT2D eigenvalue weighted by Gasteiger charge is 2.35. The molecule has 4 heterocycles. The van der Waals surface area contributed by atoms with E-state index in [0.29, 0.717) is 46.5 Å². The summed E-state index contributed by atoms with van der Waals surface area (Å²) in [6.07, 6.45) is 2.28. The van der Waals surface area contributed by atoms with E-state index in [9.17, 15) is 9.59 Å². The van der Waals surface area contributed by atoms with Crippen LogP contribution < -0.4 is 25.6 Å². The zero-order valence-corrected chi connectivity index (χ0v) is 18.9. The summed E-state index contributed by atoms with van der Waals surface area (Å²) < 4.78 is 11.5. The molecule has 4 N–H and O–H groups in total. The zero-order chi connectivity index (χ0) is 23.9. The number of nitrogens with one attached hydrogen (secondary N) is 3. The number of carbonyl (C=O) groups excluding carboxylic acids is 1. The van der Waals surface area contributed by atoms with Crippen molar-refractivity contribution in [3.8, 4) is 5.75 Å². The third-order valence-corrected chi connectivity index (χ3v) is 6.14. The second kappa shape index (κ2) is 8.40. The number of fused-ring (bicyclic) bond motifs is 2. The minimum atomic E-state index is -0.997. The minimum absolute atomic E-state index is 0.211. The predicted octanol–water partition coefficient (Wildman–Crippen LogP) is 3.56. The van der Waals surface area contributed by atoms with Gasteiger partial charge in [-0.2, -0.15) is 4.98 Å². The second-order valence-corrected chi connectivity index (χ2v) is 9.02. The van der Waals surface area contributed by atoms with Crippen LogP contribution in [0.1, 0.15) is 26.7 Å². The Hall–Kier alpha value is -4.02. The van der Waals surface area contributed by atoms with E-state index < -0.39 is 11.7 Å². The molecule has 0 saturated carbocycles. The molecule has 1 fully saturated rings. The molecule has 3 aromatic rings. The Morgan fingerprint density at radius 1 is 1.26 bits per heavy atom. The lowest BCUT2D eigenvalue weighted by Crippen LogP contribution is -2.45. The molecule has 1 saturated heterocycles. The Balaban J connectivity index is 1.35. The van der Waals surface area contributed by atoms with E-state index in [1.807, 2.05) is 6.07 Å². The van der Waals surface area contributed by atoms with Crippen molar-refractivity contribution in [2.75, 3.05) is 35.2 Å². The SMILES string of the molecule is CC1(C)Oc2ccc(Nc3nc(N4CCC(CNC(=O)O)CC4)c4occc4n3)cc2NC1=O. The number of anilines is 4. The lowest BCUT2D eigenvalue weighted by atomic mass is 9.97. The predicted molar refractivity (Wildman–Crippen MR) is 126 cm³/mol. The summed E-state index contributed by atoms with van der Waals surface area (Å²) in [4.78, 5) is 34.4. The van der Waals surface area contributed by atoms with Gasteiger partial charge in [0.1, 0.15) is 11.3 Å². The number of hydrogen-bond acceptors (Lipinski definition) is 8. The number of furan rings is 1. The average Bonchev–Trinajstić information content (AvgIpc) is 3.27. The van der Waals surface area contributed by atoms with Crippen LogP contribution in [-0.4, -0.2) is 52.3 Å². The van der Waals surface area contributed by atoms with E-state index in [1.165, 1.54) is 0 Å². The summed E-state index contributed by atoms with van der Waals surface area (Å²) in [5.74, 6) is 1.77. The number of aromatic nitrogens is 2. The Morgan fingerprint density at radius 3 is 2.82 bits per heavy atom. The first-order chi connectivity index (χ1) is 16.3. The Labute approximate surface area is 195 Å². The van der Waals surface area contributed by atoms with Crippen molar-refractivity contribution in [1.29, 1.82) is 0 Å². The van der Waals surface area contributed by atoms with Crippen LogP contribution in [0.25, 0.3) is 11.1 Å². The molecule has 5 rings (SSSR count). The van der Waals surface area contributed by atoms with Crippen molar-refractivity contribution in [1.82, 2.24) is 15.3 Å². The van der Waals surface area contributed by atoms with Gasteiger partial charge in [-0.15, -0.1) is 0 Å². The molecule has 0 unspecified atom stereocenters. The summed E-state index contributed by atoms with van der Waals surface area (Å²) >= 11 is 0. The fourth-order valence-corrected chi connectivity index (χ4v) is 4.22. The van der Waals surface area contributed by atoms with E-state index in [0.717, 1.165) is 25.9 Å². The van der Waals surface area contributed by atoms with Crippen LogP contribution in [0.15, 0.2) is 34.9 Å². The van der Waals surface area contributed by atoms with E-state index in [-0.39, 0.29) is 11.8 Å².